The van der Waals surface area contributed by atoms with Crippen molar-refractivity contribution in [1.29, 1.82) is 0 Å². The highest BCUT2D eigenvalue weighted by atomic mass is 16.6. The second-order valence-electron chi connectivity index (χ2n) is 7.11. The highest BCUT2D eigenvalue weighted by Crippen LogP contribution is 2.40. The van der Waals surface area contributed by atoms with E-state index in [1.807, 2.05) is 12.1 Å². The van der Waals surface area contributed by atoms with Crippen LogP contribution in [-0.4, -0.2) is 36.0 Å². The van der Waals surface area contributed by atoms with Crippen LogP contribution < -0.4 is 19.5 Å². The number of methoxy groups -OCH3 is 1. The molecule has 0 spiro atoms. The third-order valence-corrected chi connectivity index (χ3v) is 5.01. The maximum atomic E-state index is 12.5. The second-order valence-corrected chi connectivity index (χ2v) is 7.11. The van der Waals surface area contributed by atoms with Crippen LogP contribution in [0.2, 0.25) is 0 Å². The molecule has 2 heterocycles. The zero-order valence-corrected chi connectivity index (χ0v) is 17.6. The minimum atomic E-state index is -0.253. The van der Waals surface area contributed by atoms with E-state index in [0.29, 0.717) is 42.8 Å². The molecular weight excluding hydrogens is 394 g/mol. The average molecular weight is 419 g/mol. The van der Waals surface area contributed by atoms with Crippen molar-refractivity contribution < 1.29 is 19.0 Å². The van der Waals surface area contributed by atoms with Crippen molar-refractivity contribution >= 4 is 17.8 Å². The summed E-state index contributed by atoms with van der Waals surface area (Å²) in [5.74, 6) is 2.15. The van der Waals surface area contributed by atoms with Crippen LogP contribution in [0.4, 0.5) is 5.82 Å². The fourth-order valence-corrected chi connectivity index (χ4v) is 3.35. The van der Waals surface area contributed by atoms with Crippen LogP contribution in [0.15, 0.2) is 54.7 Å². The summed E-state index contributed by atoms with van der Waals surface area (Å²) in [4.78, 5) is 12.5. The zero-order chi connectivity index (χ0) is 21.6. The number of benzene rings is 2. The van der Waals surface area contributed by atoms with E-state index in [-0.39, 0.29) is 5.91 Å². The molecule has 3 aromatic rings. The molecule has 1 aromatic heterocycles. The van der Waals surface area contributed by atoms with E-state index in [1.54, 1.807) is 30.1 Å². The van der Waals surface area contributed by atoms with Crippen LogP contribution in [0.25, 0.3) is 6.08 Å². The molecule has 1 aliphatic rings. The summed E-state index contributed by atoms with van der Waals surface area (Å²) in [6.45, 7) is 3.67. The van der Waals surface area contributed by atoms with E-state index in [2.05, 4.69) is 41.6 Å². The molecule has 0 atom stereocenters. The summed E-state index contributed by atoms with van der Waals surface area (Å²) in [6.07, 6.45) is 5.86. The number of fused-ring (bicyclic) bond motifs is 1. The van der Waals surface area contributed by atoms with Gasteiger partial charge in [-0.25, -0.2) is 4.68 Å². The van der Waals surface area contributed by atoms with Crippen molar-refractivity contribution in [2.45, 2.75) is 19.9 Å². The van der Waals surface area contributed by atoms with Gasteiger partial charge in [0.1, 0.15) is 19.0 Å². The third kappa shape index (κ3) is 4.88. The van der Waals surface area contributed by atoms with Gasteiger partial charge in [-0.05, 0) is 41.3 Å². The number of carbonyl (C=O) groups is 1. The van der Waals surface area contributed by atoms with E-state index in [9.17, 15) is 4.79 Å². The average Bonchev–Trinajstić information content (AvgIpc) is 3.23. The van der Waals surface area contributed by atoms with Gasteiger partial charge in [0.25, 0.3) is 0 Å². The Bertz CT molecular complexity index is 1070. The van der Waals surface area contributed by atoms with Crippen LogP contribution in [0.3, 0.4) is 0 Å². The molecule has 0 bridgehead atoms. The lowest BCUT2D eigenvalue weighted by molar-refractivity contribution is -0.111. The normalized spacial score (nSPS) is 12.7. The Morgan fingerprint density at radius 3 is 2.71 bits per heavy atom. The number of amides is 1. The molecule has 7 heteroatoms. The first-order valence-electron chi connectivity index (χ1n) is 10.2. The molecule has 1 aliphatic heterocycles. The number of aromatic nitrogens is 2. The molecule has 4 rings (SSSR count). The van der Waals surface area contributed by atoms with Gasteiger partial charge in [-0.1, -0.05) is 31.2 Å². The number of anilines is 1. The van der Waals surface area contributed by atoms with Gasteiger partial charge in [-0.2, -0.15) is 5.10 Å². The molecular formula is C24H25N3O4. The number of ether oxygens (including phenoxy) is 3. The van der Waals surface area contributed by atoms with Crippen LogP contribution in [0, 0.1) is 0 Å². The van der Waals surface area contributed by atoms with E-state index in [1.165, 1.54) is 11.6 Å². The first kappa shape index (κ1) is 20.5. The summed E-state index contributed by atoms with van der Waals surface area (Å²) in [5, 5.41) is 7.21. The van der Waals surface area contributed by atoms with Crippen molar-refractivity contribution in [2.75, 3.05) is 25.6 Å². The SMILES string of the molecule is CCc1ccc(Cn2nccc2NC(=O)/C=C/c2cc(OC)c3c(c2)OCCO3)cc1. The first-order valence-corrected chi connectivity index (χ1v) is 10.2. The van der Waals surface area contributed by atoms with Crippen molar-refractivity contribution in [3.05, 3.63) is 71.4 Å². The molecule has 0 aliphatic carbocycles. The van der Waals surface area contributed by atoms with Gasteiger partial charge in [0, 0.05) is 12.1 Å². The van der Waals surface area contributed by atoms with Crippen molar-refractivity contribution in [1.82, 2.24) is 9.78 Å². The number of hydrogen-bond donors (Lipinski definition) is 1. The molecule has 0 fully saturated rings. The Kier molecular flexibility index (Phi) is 6.21. The monoisotopic (exact) mass is 419 g/mol. The lowest BCUT2D eigenvalue weighted by Crippen LogP contribution is -2.16. The summed E-state index contributed by atoms with van der Waals surface area (Å²) in [7, 11) is 1.57. The standard InChI is InChI=1S/C24H25N3O4/c1-3-17-4-6-18(7-5-17)16-27-22(10-11-25-27)26-23(28)9-8-19-14-20(29-2)24-21(15-19)30-12-13-31-24/h4-11,14-15H,3,12-13,16H2,1-2H3,(H,26,28)/b9-8+. The number of nitrogens with one attached hydrogen (secondary N) is 1. The Balaban J connectivity index is 1.43. The largest absolute Gasteiger partial charge is 0.493 e. The predicted molar refractivity (Wildman–Crippen MR) is 119 cm³/mol. The number of aryl methyl sites for hydroxylation is 1. The summed E-state index contributed by atoms with van der Waals surface area (Å²) in [5.41, 5.74) is 3.19. The molecule has 7 nitrogen and oxygen atoms in total. The molecule has 1 N–H and O–H groups in total. The zero-order valence-electron chi connectivity index (χ0n) is 17.6. The van der Waals surface area contributed by atoms with Gasteiger partial charge in [0.05, 0.1) is 19.9 Å². The molecule has 31 heavy (non-hydrogen) atoms. The van der Waals surface area contributed by atoms with E-state index >= 15 is 0 Å². The van der Waals surface area contributed by atoms with Gasteiger partial charge in [0.2, 0.25) is 11.7 Å². The summed E-state index contributed by atoms with van der Waals surface area (Å²) >= 11 is 0. The third-order valence-electron chi connectivity index (χ3n) is 5.01. The molecule has 0 saturated heterocycles. The van der Waals surface area contributed by atoms with Gasteiger partial charge in [0.15, 0.2) is 11.5 Å². The topological polar surface area (TPSA) is 74.6 Å². The molecule has 160 valence electrons. The van der Waals surface area contributed by atoms with Gasteiger partial charge in [-0.15, -0.1) is 0 Å². The summed E-state index contributed by atoms with van der Waals surface area (Å²) < 4.78 is 18.4. The quantitative estimate of drug-likeness (QED) is 0.588. The number of rotatable bonds is 7. The van der Waals surface area contributed by atoms with Crippen molar-refractivity contribution in [3.8, 4) is 17.2 Å². The number of carbonyl (C=O) groups excluding carboxylic acids is 1. The predicted octanol–water partition coefficient (Wildman–Crippen LogP) is 3.93. The maximum Gasteiger partial charge on any atom is 0.249 e. The Hall–Kier alpha value is -3.74. The molecule has 0 unspecified atom stereocenters. The van der Waals surface area contributed by atoms with Crippen LogP contribution >= 0.6 is 0 Å². The number of nitrogens with zero attached hydrogens (tertiary/aromatic N) is 2. The van der Waals surface area contributed by atoms with Gasteiger partial charge in [-0.3, -0.25) is 4.79 Å². The number of hydrogen-bond acceptors (Lipinski definition) is 5. The molecule has 0 saturated carbocycles. The van der Waals surface area contributed by atoms with Gasteiger partial charge < -0.3 is 19.5 Å². The minimum Gasteiger partial charge on any atom is -0.493 e. The van der Waals surface area contributed by atoms with Crippen LogP contribution in [0.5, 0.6) is 17.2 Å². The summed E-state index contributed by atoms with van der Waals surface area (Å²) in [6, 6.07) is 13.8. The van der Waals surface area contributed by atoms with Crippen molar-refractivity contribution in [3.63, 3.8) is 0 Å². The molecule has 1 amide bonds. The smallest absolute Gasteiger partial charge is 0.249 e. The fourth-order valence-electron chi connectivity index (χ4n) is 3.35. The Morgan fingerprint density at radius 2 is 1.94 bits per heavy atom. The highest BCUT2D eigenvalue weighted by Gasteiger charge is 2.17. The van der Waals surface area contributed by atoms with Crippen LogP contribution in [-0.2, 0) is 17.8 Å². The maximum absolute atomic E-state index is 12.5. The Morgan fingerprint density at radius 1 is 1.16 bits per heavy atom. The lowest BCUT2D eigenvalue weighted by atomic mass is 10.1. The lowest BCUT2D eigenvalue weighted by Gasteiger charge is -2.20. The van der Waals surface area contributed by atoms with Crippen LogP contribution in [0.1, 0.15) is 23.6 Å². The van der Waals surface area contributed by atoms with Crippen molar-refractivity contribution in [2.24, 2.45) is 0 Å². The van der Waals surface area contributed by atoms with Gasteiger partial charge >= 0.3 is 0 Å². The Labute approximate surface area is 181 Å². The highest BCUT2D eigenvalue weighted by molar-refractivity contribution is 6.01. The second kappa shape index (κ2) is 9.38. The fraction of sp³-hybridized carbons (Fsp3) is 0.250. The van der Waals surface area contributed by atoms with E-state index in [0.717, 1.165) is 17.5 Å². The molecule has 2 aromatic carbocycles. The minimum absolute atomic E-state index is 0.253. The van der Waals surface area contributed by atoms with E-state index < -0.39 is 0 Å². The van der Waals surface area contributed by atoms with E-state index in [4.69, 9.17) is 14.2 Å². The first-order chi connectivity index (χ1) is 15.2. The molecule has 0 radical (unpaired) electrons.